The Kier molecular flexibility index (Phi) is 5.27. The maximum atomic E-state index is 5.29. The number of likely N-dealkylation sites (tertiary alicyclic amines) is 1. The van der Waals surface area contributed by atoms with Crippen molar-refractivity contribution < 1.29 is 4.74 Å². The third-order valence-corrected chi connectivity index (χ3v) is 5.57. The Labute approximate surface area is 147 Å². The van der Waals surface area contributed by atoms with Crippen LogP contribution in [0.4, 0.5) is 0 Å². The molecule has 2 aliphatic rings. The molecule has 2 fully saturated rings. The first-order valence-electron chi connectivity index (χ1n) is 8.37. The van der Waals surface area contributed by atoms with Crippen molar-refractivity contribution in [1.82, 2.24) is 10.2 Å². The molecule has 1 saturated carbocycles. The van der Waals surface area contributed by atoms with Gasteiger partial charge in [-0.05, 0) is 37.0 Å². The zero-order chi connectivity index (χ0) is 16.3. The molecule has 1 saturated heterocycles. The van der Waals surface area contributed by atoms with Crippen molar-refractivity contribution >= 4 is 21.9 Å². The summed E-state index contributed by atoms with van der Waals surface area (Å²) in [5.74, 6) is 1.66. The lowest BCUT2D eigenvalue weighted by molar-refractivity contribution is 0.157. The van der Waals surface area contributed by atoms with Gasteiger partial charge in [0.15, 0.2) is 5.96 Å². The number of halogens is 1. The molecule has 23 heavy (non-hydrogen) atoms. The first-order chi connectivity index (χ1) is 11.2. The predicted octanol–water partition coefficient (Wildman–Crippen LogP) is 3.02. The predicted molar refractivity (Wildman–Crippen MR) is 98.0 cm³/mol. The minimum Gasteiger partial charge on any atom is -0.384 e. The number of ether oxygens (including phenoxy) is 1. The highest BCUT2D eigenvalue weighted by Crippen LogP contribution is 2.48. The number of methoxy groups -OCH3 is 1. The van der Waals surface area contributed by atoms with Gasteiger partial charge in [0.1, 0.15) is 0 Å². The molecule has 126 valence electrons. The standard InChI is InChI=1S/C18H26BrN3O/c1-20-17(22-9-6-14(11-22)12-23-2)21-13-18(7-8-18)15-4-3-5-16(19)10-15/h3-5,10,14H,6-9,11-13H2,1-2H3,(H,20,21). The summed E-state index contributed by atoms with van der Waals surface area (Å²) in [7, 11) is 3.66. The van der Waals surface area contributed by atoms with Gasteiger partial charge in [-0.25, -0.2) is 0 Å². The molecule has 0 amide bonds. The van der Waals surface area contributed by atoms with E-state index in [0.717, 1.165) is 36.7 Å². The van der Waals surface area contributed by atoms with Gasteiger partial charge in [-0.3, -0.25) is 4.99 Å². The number of rotatable bonds is 5. The Balaban J connectivity index is 1.59. The van der Waals surface area contributed by atoms with E-state index in [2.05, 4.69) is 55.4 Å². The minimum atomic E-state index is 0.283. The van der Waals surface area contributed by atoms with Crippen LogP contribution in [-0.4, -0.2) is 51.3 Å². The molecule has 3 rings (SSSR count). The van der Waals surface area contributed by atoms with Gasteiger partial charge in [-0.1, -0.05) is 28.1 Å². The van der Waals surface area contributed by atoms with Crippen molar-refractivity contribution in [3.63, 3.8) is 0 Å². The molecular formula is C18H26BrN3O. The summed E-state index contributed by atoms with van der Waals surface area (Å²) in [6.07, 6.45) is 3.69. The van der Waals surface area contributed by atoms with Gasteiger partial charge >= 0.3 is 0 Å². The van der Waals surface area contributed by atoms with Crippen LogP contribution in [0.2, 0.25) is 0 Å². The van der Waals surface area contributed by atoms with Gasteiger partial charge in [-0.2, -0.15) is 0 Å². The van der Waals surface area contributed by atoms with Gasteiger partial charge in [0.2, 0.25) is 0 Å². The number of hydrogen-bond donors (Lipinski definition) is 1. The van der Waals surface area contributed by atoms with Crippen LogP contribution in [0, 0.1) is 5.92 Å². The van der Waals surface area contributed by atoms with E-state index >= 15 is 0 Å². The average Bonchev–Trinajstić information content (AvgIpc) is 3.21. The molecule has 1 heterocycles. The summed E-state index contributed by atoms with van der Waals surface area (Å²) in [5.41, 5.74) is 1.71. The summed E-state index contributed by atoms with van der Waals surface area (Å²) in [4.78, 5) is 6.85. The van der Waals surface area contributed by atoms with Crippen LogP contribution in [0.3, 0.4) is 0 Å². The van der Waals surface area contributed by atoms with Crippen LogP contribution in [0.25, 0.3) is 0 Å². The molecule has 1 aliphatic heterocycles. The van der Waals surface area contributed by atoms with Gasteiger partial charge < -0.3 is 15.0 Å². The second kappa shape index (κ2) is 7.22. The molecular weight excluding hydrogens is 354 g/mol. The molecule has 1 aliphatic carbocycles. The molecule has 0 radical (unpaired) electrons. The Morgan fingerprint density at radius 2 is 2.30 bits per heavy atom. The summed E-state index contributed by atoms with van der Waals surface area (Å²) in [5, 5.41) is 3.61. The first-order valence-corrected chi connectivity index (χ1v) is 9.17. The van der Waals surface area contributed by atoms with Crippen LogP contribution in [0.5, 0.6) is 0 Å². The van der Waals surface area contributed by atoms with E-state index in [0.29, 0.717) is 5.92 Å². The lowest BCUT2D eigenvalue weighted by Gasteiger charge is -2.24. The zero-order valence-corrected chi connectivity index (χ0v) is 15.6. The number of nitrogens with one attached hydrogen (secondary N) is 1. The van der Waals surface area contributed by atoms with Crippen LogP contribution in [0.15, 0.2) is 33.7 Å². The van der Waals surface area contributed by atoms with Crippen molar-refractivity contribution in [3.05, 3.63) is 34.3 Å². The third kappa shape index (κ3) is 3.89. The summed E-state index contributed by atoms with van der Waals surface area (Å²) >= 11 is 3.59. The SMILES string of the molecule is CN=C(NCC1(c2cccc(Br)c2)CC1)N1CCC(COC)C1. The minimum absolute atomic E-state index is 0.283. The molecule has 0 bridgehead atoms. The molecule has 0 aromatic heterocycles. The maximum Gasteiger partial charge on any atom is 0.193 e. The fraction of sp³-hybridized carbons (Fsp3) is 0.611. The van der Waals surface area contributed by atoms with E-state index in [4.69, 9.17) is 4.74 Å². The topological polar surface area (TPSA) is 36.9 Å². The van der Waals surface area contributed by atoms with Crippen molar-refractivity contribution in [1.29, 1.82) is 0 Å². The second-order valence-electron chi connectivity index (χ2n) is 6.75. The van der Waals surface area contributed by atoms with E-state index in [9.17, 15) is 0 Å². The molecule has 1 aromatic carbocycles. The van der Waals surface area contributed by atoms with Crippen LogP contribution < -0.4 is 5.32 Å². The molecule has 5 heteroatoms. The normalized spacial score (nSPS) is 23.2. The molecule has 1 N–H and O–H groups in total. The van der Waals surface area contributed by atoms with E-state index in [1.165, 1.54) is 24.8 Å². The maximum absolute atomic E-state index is 5.29. The Hall–Kier alpha value is -1.07. The van der Waals surface area contributed by atoms with Crippen molar-refractivity contribution in [2.45, 2.75) is 24.7 Å². The Bertz CT molecular complexity index is 571. The summed E-state index contributed by atoms with van der Waals surface area (Å²) in [6.45, 7) is 3.91. The van der Waals surface area contributed by atoms with E-state index in [1.807, 2.05) is 7.05 Å². The summed E-state index contributed by atoms with van der Waals surface area (Å²) < 4.78 is 6.45. The van der Waals surface area contributed by atoms with Crippen molar-refractivity contribution in [2.24, 2.45) is 10.9 Å². The smallest absolute Gasteiger partial charge is 0.193 e. The van der Waals surface area contributed by atoms with Crippen LogP contribution in [0.1, 0.15) is 24.8 Å². The van der Waals surface area contributed by atoms with Crippen molar-refractivity contribution in [2.75, 3.05) is 40.4 Å². The van der Waals surface area contributed by atoms with Crippen LogP contribution >= 0.6 is 15.9 Å². The summed E-state index contributed by atoms with van der Waals surface area (Å²) in [6, 6.07) is 8.71. The molecule has 4 nitrogen and oxygen atoms in total. The number of aliphatic imine (C=N–C) groups is 1. The first kappa shape index (κ1) is 16.8. The highest BCUT2D eigenvalue weighted by atomic mass is 79.9. The van der Waals surface area contributed by atoms with Crippen LogP contribution in [-0.2, 0) is 10.2 Å². The largest absolute Gasteiger partial charge is 0.384 e. The number of guanidine groups is 1. The van der Waals surface area contributed by atoms with E-state index < -0.39 is 0 Å². The second-order valence-corrected chi connectivity index (χ2v) is 7.66. The molecule has 1 atom stereocenters. The fourth-order valence-corrected chi connectivity index (χ4v) is 3.91. The quantitative estimate of drug-likeness (QED) is 0.630. The lowest BCUT2D eigenvalue weighted by atomic mass is 9.96. The number of nitrogens with zero attached hydrogens (tertiary/aromatic N) is 2. The van der Waals surface area contributed by atoms with Gasteiger partial charge in [0.05, 0.1) is 6.61 Å². The zero-order valence-electron chi connectivity index (χ0n) is 14.0. The van der Waals surface area contributed by atoms with Gasteiger partial charge in [0, 0.05) is 49.6 Å². The van der Waals surface area contributed by atoms with E-state index in [1.54, 1.807) is 7.11 Å². The monoisotopic (exact) mass is 379 g/mol. The lowest BCUT2D eigenvalue weighted by Crippen LogP contribution is -2.43. The molecule has 1 aromatic rings. The number of benzene rings is 1. The fourth-order valence-electron chi connectivity index (χ4n) is 3.51. The Morgan fingerprint density at radius 3 is 2.96 bits per heavy atom. The molecule has 1 unspecified atom stereocenters. The van der Waals surface area contributed by atoms with Gasteiger partial charge in [-0.15, -0.1) is 0 Å². The van der Waals surface area contributed by atoms with E-state index in [-0.39, 0.29) is 5.41 Å². The Morgan fingerprint density at radius 1 is 1.48 bits per heavy atom. The third-order valence-electron chi connectivity index (χ3n) is 5.07. The highest BCUT2D eigenvalue weighted by molar-refractivity contribution is 9.10. The highest BCUT2D eigenvalue weighted by Gasteiger charge is 2.44. The van der Waals surface area contributed by atoms with Gasteiger partial charge in [0.25, 0.3) is 0 Å². The average molecular weight is 380 g/mol. The van der Waals surface area contributed by atoms with Crippen molar-refractivity contribution in [3.8, 4) is 0 Å². The number of hydrogen-bond acceptors (Lipinski definition) is 2. The molecule has 0 spiro atoms.